The second-order valence-electron chi connectivity index (χ2n) is 13.4. The molecule has 0 aliphatic heterocycles. The number of esters is 1. The molecule has 0 saturated carbocycles. The smallest absolute Gasteiger partial charge is 0.331 e. The van der Waals surface area contributed by atoms with E-state index in [1.54, 1.807) is 25.6 Å². The number of nitrogens with two attached hydrogens (primary N) is 1. The summed E-state index contributed by atoms with van der Waals surface area (Å²) < 4.78 is 9.38. The maximum Gasteiger partial charge on any atom is 0.331 e. The summed E-state index contributed by atoms with van der Waals surface area (Å²) in [6, 6.07) is 27.9. The normalized spacial score (nSPS) is 14.6. The van der Waals surface area contributed by atoms with Crippen LogP contribution < -0.4 is 16.4 Å². The molecule has 3 rings (SSSR count). The third kappa shape index (κ3) is 9.70. The Morgan fingerprint density at radius 3 is 1.54 bits per heavy atom. The third-order valence-electron chi connectivity index (χ3n) is 8.19. The van der Waals surface area contributed by atoms with Crippen LogP contribution in [0.1, 0.15) is 71.6 Å². The van der Waals surface area contributed by atoms with Gasteiger partial charge in [-0.2, -0.15) is 0 Å². The maximum atomic E-state index is 14.0. The van der Waals surface area contributed by atoms with Crippen molar-refractivity contribution in [2.24, 2.45) is 11.7 Å². The molecule has 0 heterocycles. The zero-order chi connectivity index (χ0) is 35.7. The standard InChI is InChI=1S/C38H49N3O6S/c1-25(33(43)40-30(24-31(39)42)34(44)41-32(35(45)46-8)26(2)47-36(3,4)5)37(6,7)48-38(27-18-12-9-13-19-27,28-20-14-10-15-21-28)29-22-16-11-17-23-29/h9-23,25-26,30,32H,24H2,1-8H3,(H2,39,42)(H,40,43)(H,41,44)/t25-,26-,30+,32+/m1/s1. The van der Waals surface area contributed by atoms with Gasteiger partial charge in [-0.3, -0.25) is 14.4 Å². The molecule has 0 saturated heterocycles. The van der Waals surface area contributed by atoms with Crippen LogP contribution in [0, 0.1) is 5.92 Å². The summed E-state index contributed by atoms with van der Waals surface area (Å²) in [5.41, 5.74) is 8.02. The van der Waals surface area contributed by atoms with E-state index in [9.17, 15) is 19.2 Å². The van der Waals surface area contributed by atoms with Gasteiger partial charge in [0, 0.05) is 10.7 Å². The lowest BCUT2D eigenvalue weighted by molar-refractivity contribution is -0.153. The topological polar surface area (TPSA) is 137 Å². The monoisotopic (exact) mass is 675 g/mol. The quantitative estimate of drug-likeness (QED) is 0.146. The van der Waals surface area contributed by atoms with Crippen LogP contribution in [0.2, 0.25) is 0 Å². The van der Waals surface area contributed by atoms with E-state index in [2.05, 4.69) is 47.0 Å². The van der Waals surface area contributed by atoms with Gasteiger partial charge in [-0.1, -0.05) is 97.9 Å². The highest BCUT2D eigenvalue weighted by molar-refractivity contribution is 8.02. The first-order valence-corrected chi connectivity index (χ1v) is 16.8. The lowest BCUT2D eigenvalue weighted by atomic mass is 9.84. The molecule has 258 valence electrons. The number of amides is 3. The highest BCUT2D eigenvalue weighted by atomic mass is 32.2. The van der Waals surface area contributed by atoms with Gasteiger partial charge in [-0.25, -0.2) is 4.79 Å². The third-order valence-corrected chi connectivity index (χ3v) is 10.1. The molecule has 0 unspecified atom stereocenters. The van der Waals surface area contributed by atoms with Crippen LogP contribution in [0.4, 0.5) is 0 Å². The first-order chi connectivity index (χ1) is 22.5. The molecule has 3 aromatic rings. The lowest BCUT2D eigenvalue weighted by Gasteiger charge is -2.43. The first kappa shape index (κ1) is 38.3. The van der Waals surface area contributed by atoms with Crippen molar-refractivity contribution >= 4 is 35.5 Å². The molecule has 0 bridgehead atoms. The number of rotatable bonds is 15. The highest BCUT2D eigenvalue weighted by Gasteiger charge is 2.46. The number of carbonyl (C=O) groups is 4. The zero-order valence-electron chi connectivity index (χ0n) is 29.1. The molecule has 48 heavy (non-hydrogen) atoms. The molecule has 0 radical (unpaired) electrons. The molecule has 3 aromatic carbocycles. The number of primary amides is 1. The van der Waals surface area contributed by atoms with Crippen LogP contribution in [0.5, 0.6) is 0 Å². The molecule has 10 heteroatoms. The summed E-state index contributed by atoms with van der Waals surface area (Å²) in [7, 11) is 1.20. The summed E-state index contributed by atoms with van der Waals surface area (Å²) in [6.45, 7) is 12.9. The van der Waals surface area contributed by atoms with E-state index in [0.29, 0.717) is 0 Å². The van der Waals surface area contributed by atoms with Crippen LogP contribution in [0.25, 0.3) is 0 Å². The van der Waals surface area contributed by atoms with E-state index in [1.165, 1.54) is 7.11 Å². The Morgan fingerprint density at radius 1 is 0.729 bits per heavy atom. The van der Waals surface area contributed by atoms with Crippen molar-refractivity contribution in [2.75, 3.05) is 7.11 Å². The Labute approximate surface area is 288 Å². The zero-order valence-corrected chi connectivity index (χ0v) is 29.9. The summed E-state index contributed by atoms with van der Waals surface area (Å²) in [6.07, 6.45) is -1.25. The molecule has 0 fully saturated rings. The van der Waals surface area contributed by atoms with Gasteiger partial charge < -0.3 is 25.8 Å². The second-order valence-corrected chi connectivity index (χ2v) is 15.3. The molecule has 4 N–H and O–H groups in total. The number of nitrogens with one attached hydrogen (secondary N) is 2. The number of benzene rings is 3. The average Bonchev–Trinajstić information content (AvgIpc) is 3.05. The minimum Gasteiger partial charge on any atom is -0.467 e. The molecular formula is C38H49N3O6S. The van der Waals surface area contributed by atoms with E-state index in [1.807, 2.05) is 89.2 Å². The second kappa shape index (κ2) is 16.3. The minimum absolute atomic E-state index is 0.453. The molecule has 9 nitrogen and oxygen atoms in total. The SMILES string of the molecule is COC(=O)[C@@H](NC(=O)[C@H](CC(N)=O)NC(=O)[C@@H](C)C(C)(C)SC(c1ccccc1)(c1ccccc1)c1ccccc1)[C@@H](C)OC(C)(C)C. The van der Waals surface area contributed by atoms with Crippen LogP contribution in [0.3, 0.4) is 0 Å². The van der Waals surface area contributed by atoms with Crippen molar-refractivity contribution in [3.05, 3.63) is 108 Å². The molecule has 4 atom stereocenters. The van der Waals surface area contributed by atoms with Gasteiger partial charge in [0.25, 0.3) is 0 Å². The Balaban J connectivity index is 1.97. The molecule has 0 aliphatic rings. The number of ether oxygens (including phenoxy) is 2. The van der Waals surface area contributed by atoms with Gasteiger partial charge in [0.2, 0.25) is 17.7 Å². The van der Waals surface area contributed by atoms with E-state index >= 15 is 0 Å². The highest BCUT2D eigenvalue weighted by Crippen LogP contribution is 2.55. The minimum atomic E-state index is -1.34. The van der Waals surface area contributed by atoms with E-state index in [-0.39, 0.29) is 0 Å². The number of methoxy groups -OCH3 is 1. The summed E-state index contributed by atoms with van der Waals surface area (Å²) >= 11 is 1.64. The van der Waals surface area contributed by atoms with Crippen molar-refractivity contribution in [3.8, 4) is 0 Å². The maximum absolute atomic E-state index is 14.0. The fourth-order valence-electron chi connectivity index (χ4n) is 5.58. The van der Waals surface area contributed by atoms with Gasteiger partial charge in [0.15, 0.2) is 6.04 Å². The molecule has 3 amide bonds. The van der Waals surface area contributed by atoms with E-state index < -0.39 is 69.3 Å². The molecular weight excluding hydrogens is 627 g/mol. The van der Waals surface area contributed by atoms with Crippen molar-refractivity contribution in [2.45, 2.75) is 88.2 Å². The number of hydrogen-bond acceptors (Lipinski definition) is 7. The Hall–Kier alpha value is -4.15. The van der Waals surface area contributed by atoms with Gasteiger partial charge in [-0.15, -0.1) is 11.8 Å². The first-order valence-electron chi connectivity index (χ1n) is 16.0. The summed E-state index contributed by atoms with van der Waals surface area (Å²) in [5.74, 6) is -3.39. The summed E-state index contributed by atoms with van der Waals surface area (Å²) in [5, 5.41) is 5.37. The number of carbonyl (C=O) groups excluding carboxylic acids is 4. The van der Waals surface area contributed by atoms with Crippen LogP contribution >= 0.6 is 11.8 Å². The largest absolute Gasteiger partial charge is 0.467 e. The van der Waals surface area contributed by atoms with Crippen LogP contribution in [0.15, 0.2) is 91.0 Å². The lowest BCUT2D eigenvalue weighted by Crippen LogP contribution is -2.58. The van der Waals surface area contributed by atoms with Crippen molar-refractivity contribution in [3.63, 3.8) is 0 Å². The predicted octanol–water partition coefficient (Wildman–Crippen LogP) is 5.35. The van der Waals surface area contributed by atoms with Crippen LogP contribution in [-0.4, -0.2) is 59.3 Å². The van der Waals surface area contributed by atoms with Crippen molar-refractivity contribution < 1.29 is 28.7 Å². The van der Waals surface area contributed by atoms with Gasteiger partial charge in [-0.05, 0) is 58.2 Å². The van der Waals surface area contributed by atoms with Crippen LogP contribution in [-0.2, 0) is 33.4 Å². The fourth-order valence-corrected chi connectivity index (χ4v) is 7.41. The number of hydrogen-bond donors (Lipinski definition) is 3. The van der Waals surface area contributed by atoms with Crippen molar-refractivity contribution in [1.82, 2.24) is 10.6 Å². The average molecular weight is 676 g/mol. The Morgan fingerprint density at radius 2 is 1.17 bits per heavy atom. The van der Waals surface area contributed by atoms with E-state index in [0.717, 1.165) is 16.7 Å². The Kier molecular flexibility index (Phi) is 13.0. The van der Waals surface area contributed by atoms with Gasteiger partial charge in [0.05, 0.1) is 30.0 Å². The summed E-state index contributed by atoms with van der Waals surface area (Å²) in [4.78, 5) is 52.3. The molecule has 0 spiro atoms. The molecule has 0 aliphatic carbocycles. The molecule has 0 aromatic heterocycles. The predicted molar refractivity (Wildman–Crippen MR) is 190 cm³/mol. The van der Waals surface area contributed by atoms with E-state index in [4.69, 9.17) is 15.2 Å². The fraction of sp³-hybridized carbons (Fsp3) is 0.421. The van der Waals surface area contributed by atoms with Crippen molar-refractivity contribution in [1.29, 1.82) is 0 Å². The van der Waals surface area contributed by atoms with Gasteiger partial charge in [0.1, 0.15) is 6.04 Å². The number of thioether (sulfide) groups is 1. The van der Waals surface area contributed by atoms with Gasteiger partial charge >= 0.3 is 5.97 Å². The Bertz CT molecular complexity index is 1430.